The molecule has 0 spiro atoms. The zero-order valence-corrected chi connectivity index (χ0v) is 10.9. The summed E-state index contributed by atoms with van der Waals surface area (Å²) in [5, 5.41) is 13.2. The normalized spacial score (nSPS) is 20.9. The lowest BCUT2D eigenvalue weighted by Crippen LogP contribution is -2.35. The van der Waals surface area contributed by atoms with Crippen LogP contribution in [0.1, 0.15) is 18.4 Å². The Labute approximate surface area is 107 Å². The van der Waals surface area contributed by atoms with Crippen LogP contribution in [0.3, 0.4) is 0 Å². The smallest absolute Gasteiger partial charge is 0.134 e. The second kappa shape index (κ2) is 5.71. The van der Waals surface area contributed by atoms with E-state index in [9.17, 15) is 5.11 Å². The van der Waals surface area contributed by atoms with Gasteiger partial charge in [-0.2, -0.15) is 0 Å². The molecule has 1 saturated heterocycles. The highest BCUT2D eigenvalue weighted by Gasteiger charge is 2.19. The van der Waals surface area contributed by atoms with Gasteiger partial charge in [-0.15, -0.1) is 0 Å². The molecule has 1 fully saturated rings. The molecule has 94 valence electrons. The van der Waals surface area contributed by atoms with Gasteiger partial charge in [-0.25, -0.2) is 0 Å². The van der Waals surface area contributed by atoms with Crippen molar-refractivity contribution in [2.45, 2.75) is 25.4 Å². The molecular weight excluding hydrogens is 236 g/mol. The lowest BCUT2D eigenvalue weighted by molar-refractivity contribution is 0.300. The van der Waals surface area contributed by atoms with Gasteiger partial charge in [-0.1, -0.05) is 17.7 Å². The van der Waals surface area contributed by atoms with E-state index in [1.165, 1.54) is 19.4 Å². The topological polar surface area (TPSA) is 35.5 Å². The molecular formula is C13H19ClN2O. The summed E-state index contributed by atoms with van der Waals surface area (Å²) in [6.07, 6.45) is 2.58. The Bertz CT molecular complexity index is 384. The zero-order valence-electron chi connectivity index (χ0n) is 10.1. The van der Waals surface area contributed by atoms with Crippen molar-refractivity contribution in [1.82, 2.24) is 10.2 Å². The average Bonchev–Trinajstić information content (AvgIpc) is 2.70. The molecule has 2 rings (SSSR count). The Morgan fingerprint density at radius 3 is 3.00 bits per heavy atom. The third kappa shape index (κ3) is 3.35. The number of phenols is 1. The minimum absolute atomic E-state index is 0.144. The Morgan fingerprint density at radius 1 is 1.53 bits per heavy atom. The lowest BCUT2D eigenvalue weighted by atomic mass is 10.2. The van der Waals surface area contributed by atoms with Gasteiger partial charge in [0, 0.05) is 19.1 Å². The van der Waals surface area contributed by atoms with Crippen LogP contribution in [0.15, 0.2) is 18.2 Å². The summed E-state index contributed by atoms with van der Waals surface area (Å²) in [7, 11) is 2.18. The minimum Gasteiger partial charge on any atom is -0.506 e. The van der Waals surface area contributed by atoms with E-state index in [4.69, 9.17) is 11.6 Å². The first-order chi connectivity index (χ1) is 8.16. The van der Waals surface area contributed by atoms with Crippen molar-refractivity contribution >= 4 is 11.6 Å². The second-order valence-corrected chi connectivity index (χ2v) is 5.10. The SMILES string of the molecule is CN1CCCC1CNCc1ccc(O)c(Cl)c1. The van der Waals surface area contributed by atoms with Gasteiger partial charge < -0.3 is 15.3 Å². The summed E-state index contributed by atoms with van der Waals surface area (Å²) in [4.78, 5) is 2.40. The van der Waals surface area contributed by atoms with Gasteiger partial charge in [0.25, 0.3) is 0 Å². The molecule has 1 unspecified atom stereocenters. The number of hydrogen-bond donors (Lipinski definition) is 2. The van der Waals surface area contributed by atoms with E-state index in [2.05, 4.69) is 17.3 Å². The summed E-state index contributed by atoms with van der Waals surface area (Å²) < 4.78 is 0. The number of phenolic OH excluding ortho intramolecular Hbond substituents is 1. The van der Waals surface area contributed by atoms with Crippen molar-refractivity contribution in [2.24, 2.45) is 0 Å². The van der Waals surface area contributed by atoms with Crippen LogP contribution in [-0.4, -0.2) is 36.2 Å². The van der Waals surface area contributed by atoms with E-state index in [0.717, 1.165) is 18.7 Å². The summed E-state index contributed by atoms with van der Waals surface area (Å²) in [5.74, 6) is 0.144. The fraction of sp³-hybridized carbons (Fsp3) is 0.538. The number of likely N-dealkylation sites (tertiary alicyclic amines) is 1. The first-order valence-electron chi connectivity index (χ1n) is 6.05. The van der Waals surface area contributed by atoms with Gasteiger partial charge in [-0.3, -0.25) is 0 Å². The van der Waals surface area contributed by atoms with E-state index in [0.29, 0.717) is 11.1 Å². The van der Waals surface area contributed by atoms with Crippen molar-refractivity contribution in [2.75, 3.05) is 20.1 Å². The van der Waals surface area contributed by atoms with Gasteiger partial charge in [0.15, 0.2) is 0 Å². The molecule has 1 atom stereocenters. The van der Waals surface area contributed by atoms with E-state index in [-0.39, 0.29) is 5.75 Å². The van der Waals surface area contributed by atoms with Gasteiger partial charge in [-0.05, 0) is 44.1 Å². The maximum atomic E-state index is 9.32. The van der Waals surface area contributed by atoms with Crippen molar-refractivity contribution in [3.8, 4) is 5.75 Å². The predicted octanol–water partition coefficient (Wildman–Crippen LogP) is 2.23. The Kier molecular flexibility index (Phi) is 4.26. The van der Waals surface area contributed by atoms with E-state index >= 15 is 0 Å². The summed E-state index contributed by atoms with van der Waals surface area (Å²) >= 11 is 5.86. The molecule has 4 heteroatoms. The van der Waals surface area contributed by atoms with Crippen molar-refractivity contribution in [3.63, 3.8) is 0 Å². The van der Waals surface area contributed by atoms with Crippen molar-refractivity contribution < 1.29 is 5.11 Å². The third-order valence-corrected chi connectivity index (χ3v) is 3.70. The van der Waals surface area contributed by atoms with Crippen LogP contribution >= 0.6 is 11.6 Å². The number of rotatable bonds is 4. The highest BCUT2D eigenvalue weighted by atomic mass is 35.5. The molecule has 1 aromatic carbocycles. The molecule has 0 bridgehead atoms. The molecule has 17 heavy (non-hydrogen) atoms. The number of halogens is 1. The maximum absolute atomic E-state index is 9.32. The largest absolute Gasteiger partial charge is 0.506 e. The standard InChI is InChI=1S/C13H19ClN2O/c1-16-6-2-3-11(16)9-15-8-10-4-5-13(17)12(14)7-10/h4-5,7,11,15,17H,2-3,6,8-9H2,1H3. The monoisotopic (exact) mass is 254 g/mol. The van der Waals surface area contributed by atoms with Crippen LogP contribution in [-0.2, 0) is 6.54 Å². The summed E-state index contributed by atoms with van der Waals surface area (Å²) in [5.41, 5.74) is 1.11. The van der Waals surface area contributed by atoms with Gasteiger partial charge >= 0.3 is 0 Å². The summed E-state index contributed by atoms with van der Waals surface area (Å²) in [6.45, 7) is 3.01. The van der Waals surface area contributed by atoms with Crippen molar-refractivity contribution in [1.29, 1.82) is 0 Å². The highest BCUT2D eigenvalue weighted by Crippen LogP contribution is 2.23. The molecule has 0 amide bonds. The van der Waals surface area contributed by atoms with Crippen LogP contribution in [0.5, 0.6) is 5.75 Å². The van der Waals surface area contributed by atoms with Crippen LogP contribution in [0.25, 0.3) is 0 Å². The van der Waals surface area contributed by atoms with Crippen LogP contribution in [0.4, 0.5) is 0 Å². The number of likely N-dealkylation sites (N-methyl/N-ethyl adjacent to an activating group) is 1. The quantitative estimate of drug-likeness (QED) is 0.865. The summed E-state index contributed by atoms with van der Waals surface area (Å²) in [6, 6.07) is 6.00. The number of nitrogens with zero attached hydrogens (tertiary/aromatic N) is 1. The first-order valence-corrected chi connectivity index (χ1v) is 6.43. The highest BCUT2D eigenvalue weighted by molar-refractivity contribution is 6.32. The van der Waals surface area contributed by atoms with E-state index < -0.39 is 0 Å². The van der Waals surface area contributed by atoms with E-state index in [1.54, 1.807) is 6.07 Å². The lowest BCUT2D eigenvalue weighted by Gasteiger charge is -2.19. The fourth-order valence-corrected chi connectivity index (χ4v) is 2.48. The number of hydrogen-bond acceptors (Lipinski definition) is 3. The number of nitrogens with one attached hydrogen (secondary N) is 1. The first kappa shape index (κ1) is 12.7. The second-order valence-electron chi connectivity index (χ2n) is 4.69. The Hall–Kier alpha value is -0.770. The number of aromatic hydroxyl groups is 1. The van der Waals surface area contributed by atoms with Crippen LogP contribution in [0, 0.1) is 0 Å². The fourth-order valence-electron chi connectivity index (χ4n) is 2.28. The molecule has 2 N–H and O–H groups in total. The molecule has 1 aliphatic heterocycles. The average molecular weight is 255 g/mol. The Balaban J connectivity index is 1.79. The van der Waals surface area contributed by atoms with Gasteiger partial charge in [0.1, 0.15) is 5.75 Å². The zero-order chi connectivity index (χ0) is 12.3. The predicted molar refractivity (Wildman–Crippen MR) is 70.5 cm³/mol. The van der Waals surface area contributed by atoms with Crippen LogP contribution < -0.4 is 5.32 Å². The molecule has 1 aliphatic rings. The minimum atomic E-state index is 0.144. The van der Waals surface area contributed by atoms with Crippen LogP contribution in [0.2, 0.25) is 5.02 Å². The molecule has 0 saturated carbocycles. The number of benzene rings is 1. The van der Waals surface area contributed by atoms with E-state index in [1.807, 2.05) is 12.1 Å². The van der Waals surface area contributed by atoms with Crippen molar-refractivity contribution in [3.05, 3.63) is 28.8 Å². The maximum Gasteiger partial charge on any atom is 0.134 e. The Morgan fingerprint density at radius 2 is 2.35 bits per heavy atom. The molecule has 1 heterocycles. The van der Waals surface area contributed by atoms with Gasteiger partial charge in [0.2, 0.25) is 0 Å². The van der Waals surface area contributed by atoms with Gasteiger partial charge in [0.05, 0.1) is 5.02 Å². The molecule has 0 aromatic heterocycles. The molecule has 0 radical (unpaired) electrons. The third-order valence-electron chi connectivity index (χ3n) is 3.39. The molecule has 0 aliphatic carbocycles. The molecule has 3 nitrogen and oxygen atoms in total. The molecule has 1 aromatic rings.